The second-order valence-electron chi connectivity index (χ2n) is 7.56. The molecule has 1 aliphatic rings. The maximum Gasteiger partial charge on any atom is 0.289 e. The molecule has 0 bridgehead atoms. The predicted molar refractivity (Wildman–Crippen MR) is 110 cm³/mol. The normalized spacial score (nSPS) is 15.8. The lowest BCUT2D eigenvalue weighted by Gasteiger charge is -2.34. The number of hydrogen-bond acceptors (Lipinski definition) is 3. The number of aryl methyl sites for hydroxylation is 1. The van der Waals surface area contributed by atoms with E-state index in [-0.39, 0.29) is 23.4 Å². The standard InChI is InChI=1S/C24H20FN3O2/c1-27-13-18(12-26-27)21-15-28(14-17-4-2-3-5-20(17)21)24(29)23-11-10-22(30-23)16-6-8-19(25)9-7-16/h2-13,21H,14-15H2,1H3. The number of fused-ring (bicyclic) bond motifs is 1. The van der Waals surface area contributed by atoms with Gasteiger partial charge >= 0.3 is 0 Å². The Morgan fingerprint density at radius 2 is 1.90 bits per heavy atom. The SMILES string of the molecule is Cn1cc(C2CN(C(=O)c3ccc(-c4ccc(F)cc4)o3)Cc3ccccc32)cn1. The molecule has 5 rings (SSSR count). The van der Waals surface area contributed by atoms with Crippen LogP contribution in [0.15, 0.2) is 77.5 Å². The lowest BCUT2D eigenvalue weighted by atomic mass is 9.86. The fourth-order valence-electron chi connectivity index (χ4n) is 4.04. The van der Waals surface area contributed by atoms with Gasteiger partial charge < -0.3 is 9.32 Å². The van der Waals surface area contributed by atoms with E-state index in [9.17, 15) is 9.18 Å². The van der Waals surface area contributed by atoms with Crippen LogP contribution in [-0.2, 0) is 13.6 Å². The molecule has 2 aromatic carbocycles. The third-order valence-electron chi connectivity index (χ3n) is 5.55. The molecule has 1 aliphatic heterocycles. The van der Waals surface area contributed by atoms with Gasteiger partial charge in [0.2, 0.25) is 0 Å². The van der Waals surface area contributed by atoms with E-state index in [0.717, 1.165) is 16.7 Å². The molecule has 150 valence electrons. The predicted octanol–water partition coefficient (Wildman–Crippen LogP) is 4.61. The molecule has 5 nitrogen and oxygen atoms in total. The van der Waals surface area contributed by atoms with Crippen molar-refractivity contribution in [2.75, 3.05) is 6.54 Å². The van der Waals surface area contributed by atoms with Crippen molar-refractivity contribution in [3.8, 4) is 11.3 Å². The van der Waals surface area contributed by atoms with Crippen LogP contribution in [0.5, 0.6) is 0 Å². The third kappa shape index (κ3) is 3.30. The van der Waals surface area contributed by atoms with Gasteiger partial charge in [-0.15, -0.1) is 0 Å². The Kier molecular flexibility index (Phi) is 4.47. The van der Waals surface area contributed by atoms with Crippen molar-refractivity contribution in [1.29, 1.82) is 0 Å². The largest absolute Gasteiger partial charge is 0.451 e. The maximum absolute atomic E-state index is 13.2. The van der Waals surface area contributed by atoms with Gasteiger partial charge in [-0.3, -0.25) is 9.48 Å². The summed E-state index contributed by atoms with van der Waals surface area (Å²) in [6, 6.07) is 17.7. The van der Waals surface area contributed by atoms with Gasteiger partial charge in [0.1, 0.15) is 11.6 Å². The molecule has 30 heavy (non-hydrogen) atoms. The summed E-state index contributed by atoms with van der Waals surface area (Å²) >= 11 is 0. The van der Waals surface area contributed by atoms with Crippen molar-refractivity contribution >= 4 is 5.91 Å². The highest BCUT2D eigenvalue weighted by molar-refractivity contribution is 5.92. The van der Waals surface area contributed by atoms with Gasteiger partial charge in [-0.1, -0.05) is 24.3 Å². The van der Waals surface area contributed by atoms with Crippen molar-refractivity contribution in [3.63, 3.8) is 0 Å². The van der Waals surface area contributed by atoms with Crippen molar-refractivity contribution in [2.45, 2.75) is 12.5 Å². The number of carbonyl (C=O) groups is 1. The summed E-state index contributed by atoms with van der Waals surface area (Å²) in [7, 11) is 1.89. The topological polar surface area (TPSA) is 51.3 Å². The summed E-state index contributed by atoms with van der Waals surface area (Å²) < 4.78 is 20.8. The molecule has 0 fully saturated rings. The van der Waals surface area contributed by atoms with Crippen LogP contribution in [0.25, 0.3) is 11.3 Å². The van der Waals surface area contributed by atoms with Crippen LogP contribution < -0.4 is 0 Å². The Morgan fingerprint density at radius 3 is 2.67 bits per heavy atom. The molecular weight excluding hydrogens is 381 g/mol. The van der Waals surface area contributed by atoms with E-state index >= 15 is 0 Å². The molecule has 3 heterocycles. The number of benzene rings is 2. The smallest absolute Gasteiger partial charge is 0.289 e. The average Bonchev–Trinajstić information content (AvgIpc) is 3.42. The van der Waals surface area contributed by atoms with Crippen LogP contribution in [0.4, 0.5) is 4.39 Å². The number of furan rings is 1. The van der Waals surface area contributed by atoms with E-state index in [2.05, 4.69) is 17.2 Å². The first kappa shape index (κ1) is 18.4. The Hall–Kier alpha value is -3.67. The Bertz CT molecular complexity index is 1210. The highest BCUT2D eigenvalue weighted by Gasteiger charge is 2.31. The van der Waals surface area contributed by atoms with E-state index in [0.29, 0.717) is 18.8 Å². The fourth-order valence-corrected chi connectivity index (χ4v) is 4.04. The zero-order valence-corrected chi connectivity index (χ0v) is 16.5. The quantitative estimate of drug-likeness (QED) is 0.504. The van der Waals surface area contributed by atoms with Gasteiger partial charge in [-0.2, -0.15) is 5.10 Å². The van der Waals surface area contributed by atoms with E-state index in [1.165, 1.54) is 17.7 Å². The highest BCUT2D eigenvalue weighted by atomic mass is 19.1. The van der Waals surface area contributed by atoms with Gasteiger partial charge in [0.25, 0.3) is 5.91 Å². The van der Waals surface area contributed by atoms with Crippen LogP contribution in [0, 0.1) is 5.82 Å². The molecule has 6 heteroatoms. The number of carbonyl (C=O) groups excluding carboxylic acids is 1. The minimum Gasteiger partial charge on any atom is -0.451 e. The minimum atomic E-state index is -0.310. The molecule has 1 amide bonds. The van der Waals surface area contributed by atoms with Crippen molar-refractivity contribution < 1.29 is 13.6 Å². The number of halogens is 1. The summed E-state index contributed by atoms with van der Waals surface area (Å²) in [4.78, 5) is 15.1. The highest BCUT2D eigenvalue weighted by Crippen LogP contribution is 2.34. The van der Waals surface area contributed by atoms with Crippen molar-refractivity contribution in [3.05, 3.63) is 101 Å². The third-order valence-corrected chi connectivity index (χ3v) is 5.55. The van der Waals surface area contributed by atoms with E-state index in [1.807, 2.05) is 36.5 Å². The Balaban J connectivity index is 1.44. The molecule has 1 unspecified atom stereocenters. The average molecular weight is 401 g/mol. The van der Waals surface area contributed by atoms with Gasteiger partial charge in [0, 0.05) is 37.8 Å². The van der Waals surface area contributed by atoms with E-state index < -0.39 is 0 Å². The van der Waals surface area contributed by atoms with Crippen LogP contribution in [0.1, 0.15) is 33.2 Å². The molecule has 0 saturated carbocycles. The lowest BCUT2D eigenvalue weighted by Crippen LogP contribution is -2.38. The lowest BCUT2D eigenvalue weighted by molar-refractivity contribution is 0.0693. The monoisotopic (exact) mass is 401 g/mol. The van der Waals surface area contributed by atoms with Crippen LogP contribution in [-0.4, -0.2) is 27.1 Å². The Labute approximate surface area is 173 Å². The zero-order chi connectivity index (χ0) is 20.7. The molecule has 0 radical (unpaired) electrons. The molecule has 0 spiro atoms. The maximum atomic E-state index is 13.2. The number of amides is 1. The molecule has 2 aromatic heterocycles. The second-order valence-corrected chi connectivity index (χ2v) is 7.56. The van der Waals surface area contributed by atoms with Crippen molar-refractivity contribution in [1.82, 2.24) is 14.7 Å². The van der Waals surface area contributed by atoms with Gasteiger partial charge in [-0.05, 0) is 53.1 Å². The number of nitrogens with zero attached hydrogens (tertiary/aromatic N) is 3. The summed E-state index contributed by atoms with van der Waals surface area (Å²) in [5.74, 6) is 0.402. The van der Waals surface area contributed by atoms with Crippen LogP contribution in [0.3, 0.4) is 0 Å². The van der Waals surface area contributed by atoms with Crippen LogP contribution in [0.2, 0.25) is 0 Å². The summed E-state index contributed by atoms with van der Waals surface area (Å²) in [5, 5.41) is 4.30. The van der Waals surface area contributed by atoms with Gasteiger partial charge in [0.05, 0.1) is 6.20 Å². The van der Waals surface area contributed by atoms with Crippen molar-refractivity contribution in [2.24, 2.45) is 7.05 Å². The summed E-state index contributed by atoms with van der Waals surface area (Å²) in [6.07, 6.45) is 3.85. The first-order chi connectivity index (χ1) is 14.6. The number of aromatic nitrogens is 2. The molecule has 0 aliphatic carbocycles. The molecule has 0 N–H and O–H groups in total. The molecule has 1 atom stereocenters. The number of hydrogen-bond donors (Lipinski definition) is 0. The second kappa shape index (κ2) is 7.30. The fraction of sp³-hybridized carbons (Fsp3) is 0.167. The number of rotatable bonds is 3. The first-order valence-corrected chi connectivity index (χ1v) is 9.80. The minimum absolute atomic E-state index is 0.0548. The van der Waals surface area contributed by atoms with Gasteiger partial charge in [-0.25, -0.2) is 4.39 Å². The summed E-state index contributed by atoms with van der Waals surface area (Å²) in [6.45, 7) is 1.08. The Morgan fingerprint density at radius 1 is 1.10 bits per heavy atom. The summed E-state index contributed by atoms with van der Waals surface area (Å²) in [5.41, 5.74) is 4.15. The molecule has 4 aromatic rings. The molecular formula is C24H20FN3O2. The van der Waals surface area contributed by atoms with E-state index in [1.54, 1.807) is 28.9 Å². The first-order valence-electron chi connectivity index (χ1n) is 9.80. The molecule has 0 saturated heterocycles. The van der Waals surface area contributed by atoms with Gasteiger partial charge in [0.15, 0.2) is 5.76 Å². The van der Waals surface area contributed by atoms with E-state index in [4.69, 9.17) is 4.42 Å². The zero-order valence-electron chi connectivity index (χ0n) is 16.5. The van der Waals surface area contributed by atoms with Crippen LogP contribution >= 0.6 is 0 Å².